The zero-order chi connectivity index (χ0) is 15.0. The van der Waals surface area contributed by atoms with Gasteiger partial charge in [0.25, 0.3) is 0 Å². The van der Waals surface area contributed by atoms with Gasteiger partial charge in [0, 0.05) is 23.6 Å². The van der Waals surface area contributed by atoms with Gasteiger partial charge in [-0.3, -0.25) is 0 Å². The monoisotopic (exact) mass is 372 g/mol. The van der Waals surface area contributed by atoms with E-state index in [1.807, 2.05) is 13.0 Å². The molecule has 4 nitrogen and oxygen atoms in total. The van der Waals surface area contributed by atoms with Crippen LogP contribution in [0.1, 0.15) is 36.8 Å². The van der Waals surface area contributed by atoms with Crippen molar-refractivity contribution in [1.29, 1.82) is 0 Å². The van der Waals surface area contributed by atoms with Gasteiger partial charge < -0.3 is 5.32 Å². The molecule has 0 atom stereocenters. The minimum Gasteiger partial charge on any atom is -0.310 e. The zero-order valence-corrected chi connectivity index (χ0v) is 14.6. The van der Waals surface area contributed by atoms with Crippen molar-refractivity contribution in [3.63, 3.8) is 0 Å². The largest absolute Gasteiger partial charge is 0.310 e. The van der Waals surface area contributed by atoms with E-state index < -0.39 is 10.0 Å². The summed E-state index contributed by atoms with van der Waals surface area (Å²) in [4.78, 5) is 0.394. The normalized spacial score (nSPS) is 19.0. The van der Waals surface area contributed by atoms with Crippen molar-refractivity contribution in [2.75, 3.05) is 6.54 Å². The average molecular weight is 373 g/mol. The van der Waals surface area contributed by atoms with Crippen molar-refractivity contribution in [2.45, 2.75) is 50.1 Å². The second-order valence-corrected chi connectivity index (χ2v) is 8.74. The Morgan fingerprint density at radius 2 is 1.95 bits per heavy atom. The highest BCUT2D eigenvalue weighted by Crippen LogP contribution is 2.30. The van der Waals surface area contributed by atoms with Gasteiger partial charge in [0.1, 0.15) is 0 Å². The number of nitrogens with one attached hydrogen (secondary N) is 2. The van der Waals surface area contributed by atoms with E-state index in [0.29, 0.717) is 29.9 Å². The Bertz CT molecular complexity index is 637. The van der Waals surface area contributed by atoms with E-state index in [4.69, 9.17) is 0 Å². The lowest BCUT2D eigenvalue weighted by molar-refractivity contribution is 0.576. The number of hydrogen-bond acceptors (Lipinski definition) is 3. The van der Waals surface area contributed by atoms with E-state index in [1.165, 1.54) is 12.8 Å². The third-order valence-corrected chi connectivity index (χ3v) is 6.45. The summed E-state index contributed by atoms with van der Waals surface area (Å²) in [7, 11) is -3.42. The van der Waals surface area contributed by atoms with Crippen molar-refractivity contribution in [3.05, 3.63) is 27.7 Å². The molecular formula is C15H21BrN2O2S. The van der Waals surface area contributed by atoms with E-state index in [0.717, 1.165) is 28.4 Å². The molecule has 2 aliphatic carbocycles. The number of hydrogen-bond donors (Lipinski definition) is 2. The topological polar surface area (TPSA) is 58.2 Å². The van der Waals surface area contributed by atoms with Crippen LogP contribution < -0.4 is 10.0 Å². The SMILES string of the molecule is Cc1c(Br)cc(CNC2CC2)cc1S(=O)(=O)NCC1CC1. The van der Waals surface area contributed by atoms with Crippen molar-refractivity contribution >= 4 is 26.0 Å². The summed E-state index contributed by atoms with van der Waals surface area (Å²) in [5.41, 5.74) is 1.78. The standard InChI is InChI=1S/C15H21BrN2O2S/c1-10-14(16)6-12(8-17-13-4-5-13)7-15(10)21(19,20)18-9-11-2-3-11/h6-7,11,13,17-18H,2-5,8-9H2,1H3. The molecule has 1 aromatic rings. The summed E-state index contributed by atoms with van der Waals surface area (Å²) >= 11 is 3.48. The van der Waals surface area contributed by atoms with Crippen LogP contribution in [-0.2, 0) is 16.6 Å². The molecule has 0 saturated heterocycles. The Morgan fingerprint density at radius 3 is 2.57 bits per heavy atom. The van der Waals surface area contributed by atoms with Crippen LogP contribution >= 0.6 is 15.9 Å². The summed E-state index contributed by atoms with van der Waals surface area (Å²) in [5, 5.41) is 3.42. The smallest absolute Gasteiger partial charge is 0.240 e. The number of sulfonamides is 1. The maximum atomic E-state index is 12.5. The fourth-order valence-corrected chi connectivity index (χ4v) is 4.33. The zero-order valence-electron chi connectivity index (χ0n) is 12.2. The highest BCUT2D eigenvalue weighted by atomic mass is 79.9. The molecule has 0 aliphatic heterocycles. The minimum atomic E-state index is -3.42. The molecule has 0 spiro atoms. The maximum Gasteiger partial charge on any atom is 0.240 e. The number of benzene rings is 1. The van der Waals surface area contributed by atoms with Crippen LogP contribution in [-0.4, -0.2) is 21.0 Å². The van der Waals surface area contributed by atoms with E-state index in [9.17, 15) is 8.42 Å². The van der Waals surface area contributed by atoms with Crippen LogP contribution in [0.3, 0.4) is 0 Å². The fourth-order valence-electron chi connectivity index (χ4n) is 2.27. The van der Waals surface area contributed by atoms with E-state index >= 15 is 0 Å². The Balaban J connectivity index is 1.80. The van der Waals surface area contributed by atoms with Gasteiger partial charge in [-0.2, -0.15) is 0 Å². The Labute approximate surface area is 134 Å². The third kappa shape index (κ3) is 4.06. The van der Waals surface area contributed by atoms with Crippen molar-refractivity contribution < 1.29 is 8.42 Å². The molecule has 0 amide bonds. The lowest BCUT2D eigenvalue weighted by Crippen LogP contribution is -2.27. The Hall–Kier alpha value is -0.430. The molecule has 2 N–H and O–H groups in total. The molecule has 1 aromatic carbocycles. The number of halogens is 1. The first-order valence-corrected chi connectivity index (χ1v) is 9.75. The van der Waals surface area contributed by atoms with Gasteiger partial charge >= 0.3 is 0 Å². The summed E-state index contributed by atoms with van der Waals surface area (Å²) in [6.07, 6.45) is 4.72. The Morgan fingerprint density at radius 1 is 1.24 bits per heavy atom. The van der Waals surface area contributed by atoms with Crippen LogP contribution in [0.4, 0.5) is 0 Å². The van der Waals surface area contributed by atoms with Gasteiger partial charge in [-0.15, -0.1) is 0 Å². The quantitative estimate of drug-likeness (QED) is 0.773. The minimum absolute atomic E-state index is 0.394. The van der Waals surface area contributed by atoms with Gasteiger partial charge in [-0.05, 0) is 61.8 Å². The molecule has 0 unspecified atom stereocenters. The molecule has 0 bridgehead atoms. The maximum absolute atomic E-state index is 12.5. The van der Waals surface area contributed by atoms with Gasteiger partial charge in [-0.1, -0.05) is 15.9 Å². The summed E-state index contributed by atoms with van der Waals surface area (Å²) < 4.78 is 28.6. The molecule has 0 aromatic heterocycles. The second kappa shape index (κ2) is 5.99. The van der Waals surface area contributed by atoms with Crippen LogP contribution in [0.15, 0.2) is 21.5 Å². The summed E-state index contributed by atoms with van der Waals surface area (Å²) in [6.45, 7) is 3.12. The molecule has 0 heterocycles. The first-order valence-electron chi connectivity index (χ1n) is 7.48. The molecule has 2 aliphatic rings. The van der Waals surface area contributed by atoms with E-state index in [1.54, 1.807) is 6.07 Å². The first-order chi connectivity index (χ1) is 9.95. The lowest BCUT2D eigenvalue weighted by Gasteiger charge is -2.13. The predicted octanol–water partition coefficient (Wildman–Crippen LogP) is 2.70. The highest BCUT2D eigenvalue weighted by Gasteiger charge is 2.26. The molecule has 0 radical (unpaired) electrons. The molecule has 116 valence electrons. The molecule has 2 saturated carbocycles. The van der Waals surface area contributed by atoms with Crippen molar-refractivity contribution in [2.24, 2.45) is 5.92 Å². The van der Waals surface area contributed by atoms with Crippen LogP contribution in [0.5, 0.6) is 0 Å². The Kier molecular flexibility index (Phi) is 4.41. The third-order valence-electron chi connectivity index (χ3n) is 4.08. The molecule has 3 rings (SSSR count). The van der Waals surface area contributed by atoms with Crippen LogP contribution in [0.25, 0.3) is 0 Å². The molecule has 6 heteroatoms. The summed E-state index contributed by atoms with van der Waals surface area (Å²) in [5.74, 6) is 0.531. The van der Waals surface area contributed by atoms with E-state index in [-0.39, 0.29) is 0 Å². The average Bonchev–Trinajstić information content (AvgIpc) is 3.31. The molecular weight excluding hydrogens is 352 g/mol. The highest BCUT2D eigenvalue weighted by molar-refractivity contribution is 9.10. The van der Waals surface area contributed by atoms with Gasteiger partial charge in [-0.25, -0.2) is 13.1 Å². The van der Waals surface area contributed by atoms with Crippen LogP contribution in [0, 0.1) is 12.8 Å². The van der Waals surface area contributed by atoms with Crippen molar-refractivity contribution in [1.82, 2.24) is 10.0 Å². The van der Waals surface area contributed by atoms with Crippen molar-refractivity contribution in [3.8, 4) is 0 Å². The van der Waals surface area contributed by atoms with E-state index in [2.05, 4.69) is 26.0 Å². The lowest BCUT2D eigenvalue weighted by atomic mass is 10.1. The van der Waals surface area contributed by atoms with Gasteiger partial charge in [0.05, 0.1) is 4.90 Å². The second-order valence-electron chi connectivity index (χ2n) is 6.15. The predicted molar refractivity (Wildman–Crippen MR) is 86.7 cm³/mol. The van der Waals surface area contributed by atoms with Gasteiger partial charge in [0.2, 0.25) is 10.0 Å². The number of rotatable bonds is 7. The molecule has 21 heavy (non-hydrogen) atoms. The van der Waals surface area contributed by atoms with Gasteiger partial charge in [0.15, 0.2) is 0 Å². The van der Waals surface area contributed by atoms with Crippen LogP contribution in [0.2, 0.25) is 0 Å². The first kappa shape index (κ1) is 15.5. The summed E-state index contributed by atoms with van der Waals surface area (Å²) in [6, 6.07) is 4.41. The fraction of sp³-hybridized carbons (Fsp3) is 0.600. The molecule has 2 fully saturated rings.